The first-order valence-corrected chi connectivity index (χ1v) is 14.7. The van der Waals surface area contributed by atoms with Crippen molar-refractivity contribution in [2.45, 2.75) is 0 Å². The first kappa shape index (κ1) is 22.8. The number of aromatic nitrogens is 3. The van der Waals surface area contributed by atoms with Crippen LogP contribution in [0.2, 0.25) is 0 Å². The van der Waals surface area contributed by atoms with Crippen LogP contribution in [0.15, 0.2) is 140 Å². The third-order valence-electron chi connectivity index (χ3n) is 9.08. The van der Waals surface area contributed by atoms with Gasteiger partial charge in [-0.2, -0.15) is 0 Å². The predicted molar refractivity (Wildman–Crippen MR) is 179 cm³/mol. The van der Waals surface area contributed by atoms with E-state index in [2.05, 4.69) is 126 Å². The maximum absolute atomic E-state index is 5.09. The summed E-state index contributed by atoms with van der Waals surface area (Å²) in [5.41, 5.74) is 10.4. The lowest BCUT2D eigenvalue weighted by Gasteiger charge is -2.13. The van der Waals surface area contributed by atoms with Crippen molar-refractivity contribution in [1.29, 1.82) is 0 Å². The van der Waals surface area contributed by atoms with Gasteiger partial charge in [0.2, 0.25) is 0 Å². The molecule has 0 bridgehead atoms. The van der Waals surface area contributed by atoms with Crippen LogP contribution in [0, 0.1) is 0 Å². The molecule has 0 saturated heterocycles. The lowest BCUT2D eigenvalue weighted by atomic mass is 10.0. The van der Waals surface area contributed by atoms with Crippen LogP contribution in [0.1, 0.15) is 0 Å². The monoisotopic (exact) mass is 545 g/mol. The van der Waals surface area contributed by atoms with E-state index in [1.807, 2.05) is 18.2 Å². The smallest absolute Gasteiger partial charge is 0.160 e. The number of hydrogen-bond donors (Lipinski definition) is 0. The molecule has 0 aliphatic heterocycles. The van der Waals surface area contributed by atoms with Crippen LogP contribution in [0.3, 0.4) is 0 Å². The van der Waals surface area contributed by atoms with Crippen LogP contribution in [0.25, 0.3) is 93.7 Å². The average Bonchev–Trinajstić information content (AvgIpc) is 3.60. The van der Waals surface area contributed by atoms with E-state index >= 15 is 0 Å². The fraction of sp³-hybridized carbons (Fsp3) is 0. The summed E-state index contributed by atoms with van der Waals surface area (Å²) in [5, 5.41) is 8.83. The number of para-hydroxylation sites is 1. The third kappa shape index (κ3) is 3.14. The zero-order chi connectivity index (χ0) is 28.1. The van der Waals surface area contributed by atoms with Crippen molar-refractivity contribution < 1.29 is 0 Å². The van der Waals surface area contributed by atoms with E-state index < -0.39 is 0 Å². The second kappa shape index (κ2) is 8.37. The zero-order valence-electron chi connectivity index (χ0n) is 23.1. The average molecular weight is 546 g/mol. The second-order valence-electron chi connectivity index (χ2n) is 11.4. The van der Waals surface area contributed by atoms with Crippen LogP contribution in [0.4, 0.5) is 0 Å². The molecule has 2 aromatic heterocycles. The van der Waals surface area contributed by atoms with Crippen molar-refractivity contribution in [1.82, 2.24) is 14.5 Å². The molecule has 0 unspecified atom stereocenters. The summed E-state index contributed by atoms with van der Waals surface area (Å²) in [6, 6.07) is 49.9. The molecule has 0 radical (unpaired) electrons. The minimum absolute atomic E-state index is 0.739. The Hall–Kier alpha value is -5.80. The van der Waals surface area contributed by atoms with Gasteiger partial charge in [-0.1, -0.05) is 103 Å². The van der Waals surface area contributed by atoms with Gasteiger partial charge >= 0.3 is 0 Å². The topological polar surface area (TPSA) is 30.7 Å². The Balaban J connectivity index is 1.14. The Kier molecular flexibility index (Phi) is 4.45. The summed E-state index contributed by atoms with van der Waals surface area (Å²) in [6.45, 7) is 0. The Morgan fingerprint density at radius 2 is 1.19 bits per heavy atom. The van der Waals surface area contributed by atoms with Gasteiger partial charge < -0.3 is 4.57 Å². The highest BCUT2D eigenvalue weighted by Crippen LogP contribution is 2.49. The molecule has 0 fully saturated rings. The SMILES string of the molecule is c1ccc(-c2nc(-c3ccc4cc(-n5c6cccc7c6c6c8c-7cccc8ccc65)ccc4c3)nc3ccccc23)cc1. The number of hydrogen-bond acceptors (Lipinski definition) is 2. The van der Waals surface area contributed by atoms with Crippen LogP contribution < -0.4 is 0 Å². The Bertz CT molecular complexity index is 2610. The molecule has 3 heteroatoms. The van der Waals surface area contributed by atoms with Crippen LogP contribution in [-0.4, -0.2) is 14.5 Å². The zero-order valence-corrected chi connectivity index (χ0v) is 23.1. The van der Waals surface area contributed by atoms with Crippen LogP contribution in [-0.2, 0) is 0 Å². The Morgan fingerprint density at radius 3 is 2.12 bits per heavy atom. The molecule has 7 aromatic carbocycles. The molecule has 3 nitrogen and oxygen atoms in total. The number of benzene rings is 7. The van der Waals surface area contributed by atoms with Crippen molar-refractivity contribution in [3.05, 3.63) is 140 Å². The van der Waals surface area contributed by atoms with E-state index in [1.165, 1.54) is 60.2 Å². The van der Waals surface area contributed by atoms with Crippen molar-refractivity contribution in [2.75, 3.05) is 0 Å². The van der Waals surface area contributed by atoms with Crippen molar-refractivity contribution in [2.24, 2.45) is 0 Å². The highest BCUT2D eigenvalue weighted by molar-refractivity contribution is 6.33. The quantitative estimate of drug-likeness (QED) is 0.221. The third-order valence-corrected chi connectivity index (χ3v) is 9.08. The van der Waals surface area contributed by atoms with Crippen LogP contribution >= 0.6 is 0 Å². The highest BCUT2D eigenvalue weighted by atomic mass is 15.0. The van der Waals surface area contributed by atoms with E-state index in [1.54, 1.807) is 0 Å². The van der Waals surface area contributed by atoms with Gasteiger partial charge in [0.05, 0.1) is 22.2 Å². The summed E-state index contributed by atoms with van der Waals surface area (Å²) < 4.78 is 2.43. The molecule has 0 N–H and O–H groups in total. The maximum Gasteiger partial charge on any atom is 0.160 e. The summed E-state index contributed by atoms with van der Waals surface area (Å²) in [5.74, 6) is 0.739. The molecule has 1 aliphatic rings. The minimum atomic E-state index is 0.739. The summed E-state index contributed by atoms with van der Waals surface area (Å²) in [4.78, 5) is 10.1. The molecule has 43 heavy (non-hydrogen) atoms. The largest absolute Gasteiger partial charge is 0.309 e. The first-order chi connectivity index (χ1) is 21.3. The van der Waals surface area contributed by atoms with Crippen molar-refractivity contribution >= 4 is 54.3 Å². The molecule has 10 rings (SSSR count). The van der Waals surface area contributed by atoms with Gasteiger partial charge in [-0.3, -0.25) is 0 Å². The molecular weight excluding hydrogens is 522 g/mol. The molecule has 0 atom stereocenters. The van der Waals surface area contributed by atoms with Gasteiger partial charge in [0.15, 0.2) is 5.82 Å². The number of rotatable bonds is 3. The molecule has 0 amide bonds. The van der Waals surface area contributed by atoms with Gasteiger partial charge in [-0.25, -0.2) is 9.97 Å². The highest BCUT2D eigenvalue weighted by Gasteiger charge is 2.24. The standard InChI is InChI=1S/C40H23N3/c1-2-8-25(9-3-1)39-32-11-4-5-14-33(32)41-40(42-39)28-17-16-27-23-29(20-18-26(27)22-28)43-34-15-7-13-31-30-12-6-10-24-19-21-35(43)38(36(24)30)37(31)34/h1-23H. The normalized spacial score (nSPS) is 12.2. The second-order valence-corrected chi connectivity index (χ2v) is 11.4. The van der Waals surface area contributed by atoms with E-state index in [-0.39, 0.29) is 0 Å². The van der Waals surface area contributed by atoms with Crippen LogP contribution in [0.5, 0.6) is 0 Å². The predicted octanol–water partition coefficient (Wildman–Crippen LogP) is 10.3. The van der Waals surface area contributed by atoms with Crippen molar-refractivity contribution in [3.63, 3.8) is 0 Å². The fourth-order valence-corrected chi connectivity index (χ4v) is 7.19. The van der Waals surface area contributed by atoms with E-state index in [0.717, 1.165) is 33.5 Å². The molecule has 0 spiro atoms. The Morgan fingerprint density at radius 1 is 0.442 bits per heavy atom. The lowest BCUT2D eigenvalue weighted by molar-refractivity contribution is 1.19. The van der Waals surface area contributed by atoms with Gasteiger partial charge in [0.25, 0.3) is 0 Å². The summed E-state index contributed by atoms with van der Waals surface area (Å²) >= 11 is 0. The maximum atomic E-state index is 5.09. The van der Waals surface area contributed by atoms with Gasteiger partial charge in [0.1, 0.15) is 0 Å². The van der Waals surface area contributed by atoms with E-state index in [9.17, 15) is 0 Å². The van der Waals surface area contributed by atoms with Crippen molar-refractivity contribution in [3.8, 4) is 39.5 Å². The summed E-state index contributed by atoms with van der Waals surface area (Å²) in [7, 11) is 0. The molecule has 198 valence electrons. The molecule has 0 saturated carbocycles. The van der Waals surface area contributed by atoms with Gasteiger partial charge in [0, 0.05) is 33.0 Å². The number of nitrogens with zero attached hydrogens (tertiary/aromatic N) is 3. The Labute approximate surface area is 247 Å². The molecule has 2 heterocycles. The molecular formula is C40H23N3. The number of fused-ring (bicyclic) bond motifs is 3. The van der Waals surface area contributed by atoms with E-state index in [4.69, 9.17) is 9.97 Å². The van der Waals surface area contributed by atoms with E-state index in [0.29, 0.717) is 0 Å². The van der Waals surface area contributed by atoms with Gasteiger partial charge in [-0.05, 0) is 69.1 Å². The summed E-state index contributed by atoms with van der Waals surface area (Å²) in [6.07, 6.45) is 0. The first-order valence-electron chi connectivity index (χ1n) is 14.7. The minimum Gasteiger partial charge on any atom is -0.309 e. The lowest BCUT2D eigenvalue weighted by Crippen LogP contribution is -1.96. The molecule has 1 aliphatic carbocycles. The fourth-order valence-electron chi connectivity index (χ4n) is 7.19. The van der Waals surface area contributed by atoms with Gasteiger partial charge in [-0.15, -0.1) is 0 Å². The molecule has 9 aromatic rings.